The molecule has 2 aromatic carbocycles. The molecule has 0 bridgehead atoms. The van der Waals surface area contributed by atoms with Crippen molar-refractivity contribution in [3.63, 3.8) is 0 Å². The molecule has 0 fully saturated rings. The normalized spacial score (nSPS) is 11.3. The van der Waals surface area contributed by atoms with Gasteiger partial charge >= 0.3 is 0 Å². The second-order valence-corrected chi connectivity index (χ2v) is 4.79. The van der Waals surface area contributed by atoms with E-state index in [1.807, 2.05) is 30.3 Å². The molecule has 0 aliphatic rings. The zero-order valence-electron chi connectivity index (χ0n) is 8.37. The number of benzene rings is 2. The first-order valence-electron chi connectivity index (χ1n) is 4.70. The Morgan fingerprint density at radius 1 is 0.812 bits per heavy atom. The van der Waals surface area contributed by atoms with Gasteiger partial charge in [-0.05, 0) is 23.3 Å². The van der Waals surface area contributed by atoms with Crippen LogP contribution in [0.5, 0.6) is 0 Å². The lowest BCUT2D eigenvalue weighted by Gasteiger charge is -2.03. The molecular formula is C12H10O3S. The van der Waals surface area contributed by atoms with Crippen molar-refractivity contribution in [2.75, 3.05) is 0 Å². The summed E-state index contributed by atoms with van der Waals surface area (Å²) in [4.78, 5) is -0.0890. The van der Waals surface area contributed by atoms with Crippen LogP contribution in [0.2, 0.25) is 0 Å². The molecule has 0 heterocycles. The first kappa shape index (κ1) is 10.9. The maximum atomic E-state index is 11.0. The van der Waals surface area contributed by atoms with Gasteiger partial charge in [-0.3, -0.25) is 4.55 Å². The van der Waals surface area contributed by atoms with Crippen molar-refractivity contribution < 1.29 is 13.0 Å². The summed E-state index contributed by atoms with van der Waals surface area (Å²) in [6.45, 7) is 0. The standard InChI is InChI=1S/C12H10O3S/c13-16(14,15)12-8-4-7-11(9-12)10-5-2-1-3-6-10/h1-9H,(H,13,14,15). The van der Waals surface area contributed by atoms with Crippen molar-refractivity contribution in [3.05, 3.63) is 54.6 Å². The molecule has 0 aliphatic heterocycles. The highest BCUT2D eigenvalue weighted by Gasteiger charge is 2.09. The quantitative estimate of drug-likeness (QED) is 0.812. The van der Waals surface area contributed by atoms with E-state index in [2.05, 4.69) is 0 Å². The third-order valence-corrected chi connectivity index (χ3v) is 3.09. The van der Waals surface area contributed by atoms with Crippen molar-refractivity contribution in [2.45, 2.75) is 4.90 Å². The molecule has 0 saturated carbocycles. The molecule has 0 atom stereocenters. The monoisotopic (exact) mass is 234 g/mol. The fourth-order valence-corrected chi connectivity index (χ4v) is 1.99. The van der Waals surface area contributed by atoms with Crippen LogP contribution in [-0.2, 0) is 10.1 Å². The molecule has 2 aromatic rings. The molecule has 0 unspecified atom stereocenters. The Hall–Kier alpha value is -1.65. The van der Waals surface area contributed by atoms with Gasteiger partial charge in [0.1, 0.15) is 0 Å². The van der Waals surface area contributed by atoms with Crippen LogP contribution in [0.3, 0.4) is 0 Å². The first-order valence-corrected chi connectivity index (χ1v) is 6.14. The zero-order valence-corrected chi connectivity index (χ0v) is 9.18. The second-order valence-electron chi connectivity index (χ2n) is 3.37. The highest BCUT2D eigenvalue weighted by atomic mass is 32.2. The van der Waals surface area contributed by atoms with Gasteiger partial charge in [0.2, 0.25) is 0 Å². The molecule has 3 nitrogen and oxygen atoms in total. The Balaban J connectivity index is 2.53. The predicted molar refractivity (Wildman–Crippen MR) is 61.7 cm³/mol. The second kappa shape index (κ2) is 4.08. The third kappa shape index (κ3) is 2.29. The molecule has 4 heteroatoms. The Morgan fingerprint density at radius 2 is 1.44 bits per heavy atom. The van der Waals surface area contributed by atoms with Gasteiger partial charge in [0.15, 0.2) is 0 Å². The lowest BCUT2D eigenvalue weighted by Crippen LogP contribution is -1.97. The smallest absolute Gasteiger partial charge is 0.282 e. The van der Waals surface area contributed by atoms with E-state index in [1.54, 1.807) is 12.1 Å². The summed E-state index contributed by atoms with van der Waals surface area (Å²) in [5.41, 5.74) is 1.67. The van der Waals surface area contributed by atoms with E-state index < -0.39 is 10.1 Å². The minimum Gasteiger partial charge on any atom is -0.282 e. The van der Waals surface area contributed by atoms with Crippen molar-refractivity contribution in [3.8, 4) is 11.1 Å². The van der Waals surface area contributed by atoms with Crippen LogP contribution in [0, 0.1) is 0 Å². The molecule has 1 N–H and O–H groups in total. The lowest BCUT2D eigenvalue weighted by atomic mass is 10.1. The third-order valence-electron chi connectivity index (χ3n) is 2.24. The average molecular weight is 234 g/mol. The SMILES string of the molecule is O=S(=O)(O)c1cccc(-c2ccccc2)c1. The van der Waals surface area contributed by atoms with E-state index in [0.29, 0.717) is 0 Å². The van der Waals surface area contributed by atoms with Gasteiger partial charge in [-0.25, -0.2) is 0 Å². The summed E-state index contributed by atoms with van der Waals surface area (Å²) < 4.78 is 30.9. The van der Waals surface area contributed by atoms with Gasteiger partial charge in [0, 0.05) is 0 Å². The van der Waals surface area contributed by atoms with Crippen LogP contribution < -0.4 is 0 Å². The minimum absolute atomic E-state index is 0.0890. The summed E-state index contributed by atoms with van der Waals surface area (Å²) >= 11 is 0. The van der Waals surface area contributed by atoms with Crippen LogP contribution >= 0.6 is 0 Å². The summed E-state index contributed by atoms with van der Waals surface area (Å²) in [5.74, 6) is 0. The largest absolute Gasteiger partial charge is 0.294 e. The first-order chi connectivity index (χ1) is 7.57. The Morgan fingerprint density at radius 3 is 2.06 bits per heavy atom. The number of hydrogen-bond acceptors (Lipinski definition) is 2. The lowest BCUT2D eigenvalue weighted by molar-refractivity contribution is 0.483. The summed E-state index contributed by atoms with van der Waals surface area (Å²) in [5, 5.41) is 0. The van der Waals surface area contributed by atoms with E-state index in [0.717, 1.165) is 11.1 Å². The van der Waals surface area contributed by atoms with Crippen LogP contribution in [0.4, 0.5) is 0 Å². The van der Waals surface area contributed by atoms with Gasteiger partial charge in [0.25, 0.3) is 10.1 Å². The molecule has 2 rings (SSSR count). The van der Waals surface area contributed by atoms with Crippen LogP contribution in [0.25, 0.3) is 11.1 Å². The van der Waals surface area contributed by atoms with Gasteiger partial charge in [-0.15, -0.1) is 0 Å². The predicted octanol–water partition coefficient (Wildman–Crippen LogP) is 2.60. The fourth-order valence-electron chi connectivity index (χ4n) is 1.47. The summed E-state index contributed by atoms with van der Waals surface area (Å²) in [6.07, 6.45) is 0. The van der Waals surface area contributed by atoms with E-state index in [1.165, 1.54) is 12.1 Å². The highest BCUT2D eigenvalue weighted by molar-refractivity contribution is 7.85. The zero-order chi connectivity index (χ0) is 11.6. The molecular weight excluding hydrogens is 224 g/mol. The molecule has 82 valence electrons. The van der Waals surface area contributed by atoms with Crippen LogP contribution in [-0.4, -0.2) is 13.0 Å². The Labute approximate surface area is 94.1 Å². The number of rotatable bonds is 2. The van der Waals surface area contributed by atoms with E-state index in [-0.39, 0.29) is 4.90 Å². The van der Waals surface area contributed by atoms with Crippen LogP contribution in [0.1, 0.15) is 0 Å². The van der Waals surface area contributed by atoms with Crippen molar-refractivity contribution in [1.82, 2.24) is 0 Å². The van der Waals surface area contributed by atoms with Crippen molar-refractivity contribution >= 4 is 10.1 Å². The van der Waals surface area contributed by atoms with Gasteiger partial charge < -0.3 is 0 Å². The molecule has 0 radical (unpaired) electrons. The number of hydrogen-bond donors (Lipinski definition) is 1. The van der Waals surface area contributed by atoms with E-state index in [4.69, 9.17) is 4.55 Å². The summed E-state index contributed by atoms with van der Waals surface area (Å²) in [6, 6.07) is 15.6. The fraction of sp³-hybridized carbons (Fsp3) is 0. The molecule has 0 amide bonds. The molecule has 16 heavy (non-hydrogen) atoms. The molecule has 0 aliphatic carbocycles. The topological polar surface area (TPSA) is 54.4 Å². The van der Waals surface area contributed by atoms with E-state index in [9.17, 15) is 8.42 Å². The molecule has 0 saturated heterocycles. The van der Waals surface area contributed by atoms with Gasteiger partial charge in [-0.2, -0.15) is 8.42 Å². The average Bonchev–Trinajstić information content (AvgIpc) is 2.29. The van der Waals surface area contributed by atoms with E-state index >= 15 is 0 Å². The van der Waals surface area contributed by atoms with Crippen LogP contribution in [0.15, 0.2) is 59.5 Å². The van der Waals surface area contributed by atoms with Crippen molar-refractivity contribution in [1.29, 1.82) is 0 Å². The maximum Gasteiger partial charge on any atom is 0.294 e. The highest BCUT2D eigenvalue weighted by Crippen LogP contribution is 2.21. The van der Waals surface area contributed by atoms with Crippen molar-refractivity contribution in [2.24, 2.45) is 0 Å². The maximum absolute atomic E-state index is 11.0. The summed E-state index contributed by atoms with van der Waals surface area (Å²) in [7, 11) is -4.13. The Kier molecular flexibility index (Phi) is 2.77. The molecule has 0 aromatic heterocycles. The van der Waals surface area contributed by atoms with Gasteiger partial charge in [-0.1, -0.05) is 42.5 Å². The Bertz CT molecular complexity index is 589. The minimum atomic E-state index is -4.13. The van der Waals surface area contributed by atoms with Gasteiger partial charge in [0.05, 0.1) is 4.90 Å². The molecule has 0 spiro atoms.